The van der Waals surface area contributed by atoms with E-state index >= 15 is 0 Å². The maximum Gasteiger partial charge on any atom is 0.266 e. The zero-order valence-electron chi connectivity index (χ0n) is 20.6. The normalized spacial score (nSPS) is 18.0. The second-order valence-corrected chi connectivity index (χ2v) is 10.7. The minimum Gasteiger partial charge on any atom is -0.497 e. The number of aromatic nitrogens is 1. The molecule has 1 amide bonds. The van der Waals surface area contributed by atoms with Crippen LogP contribution in [0, 0.1) is 0 Å². The van der Waals surface area contributed by atoms with Gasteiger partial charge in [-0.3, -0.25) is 14.5 Å². The van der Waals surface area contributed by atoms with Crippen molar-refractivity contribution in [2.45, 2.75) is 6.54 Å². The first-order valence-electron chi connectivity index (χ1n) is 11.8. The molecule has 0 saturated carbocycles. The number of rotatable bonds is 5. The van der Waals surface area contributed by atoms with E-state index in [0.29, 0.717) is 21.3 Å². The molecule has 2 aliphatic heterocycles. The molecule has 0 bridgehead atoms. The fraction of sp³-hybridized carbons (Fsp3) is 0.296. The molecule has 5 rings (SSSR count). The molecule has 7 nitrogen and oxygen atoms in total. The van der Waals surface area contributed by atoms with E-state index in [4.69, 9.17) is 17.0 Å². The minimum absolute atomic E-state index is 0.122. The third-order valence-corrected chi connectivity index (χ3v) is 8.16. The molecule has 186 valence electrons. The summed E-state index contributed by atoms with van der Waals surface area (Å²) in [5.74, 6) is 0.577. The lowest BCUT2D eigenvalue weighted by Gasteiger charge is -2.35. The second-order valence-electron chi connectivity index (χ2n) is 9.05. The van der Waals surface area contributed by atoms with Crippen molar-refractivity contribution in [2.24, 2.45) is 7.05 Å². The topological polar surface area (TPSA) is 58.0 Å². The molecule has 1 aromatic heterocycles. The average Bonchev–Trinajstić information content (AvgIpc) is 3.16. The van der Waals surface area contributed by atoms with Crippen LogP contribution in [0.25, 0.3) is 17.0 Å². The number of carbonyl (C=O) groups excluding carboxylic acids is 1. The number of hydrogen-bond acceptors (Lipinski definition) is 7. The Morgan fingerprint density at radius 2 is 1.69 bits per heavy atom. The molecule has 36 heavy (non-hydrogen) atoms. The molecule has 9 heteroatoms. The van der Waals surface area contributed by atoms with E-state index in [1.165, 1.54) is 11.8 Å². The Morgan fingerprint density at radius 1 is 1.00 bits per heavy atom. The summed E-state index contributed by atoms with van der Waals surface area (Å²) in [6.07, 6.45) is 1.75. The SMILES string of the molecule is COc1ccc(CN2C(=O)C(=Cc3c(N4CCN(C)CC4)c4ccccc4n(C)c3=O)SC2=S)cc1. The van der Waals surface area contributed by atoms with E-state index in [-0.39, 0.29) is 11.5 Å². The highest BCUT2D eigenvalue weighted by Crippen LogP contribution is 2.37. The van der Waals surface area contributed by atoms with Crippen LogP contribution in [0.15, 0.2) is 58.2 Å². The number of likely N-dealkylation sites (N-methyl/N-ethyl adjacent to an activating group) is 1. The van der Waals surface area contributed by atoms with Gasteiger partial charge in [-0.25, -0.2) is 0 Å². The fourth-order valence-corrected chi connectivity index (χ4v) is 5.92. The average molecular weight is 521 g/mol. The number of thiocarbonyl (C=S) groups is 1. The molecule has 2 aliphatic rings. The van der Waals surface area contributed by atoms with Gasteiger partial charge in [-0.2, -0.15) is 0 Å². The molecule has 2 fully saturated rings. The summed E-state index contributed by atoms with van der Waals surface area (Å²) in [7, 11) is 5.51. The molecule has 0 aliphatic carbocycles. The number of para-hydroxylation sites is 1. The van der Waals surface area contributed by atoms with E-state index in [0.717, 1.165) is 54.1 Å². The number of carbonyl (C=O) groups is 1. The van der Waals surface area contributed by atoms with Gasteiger partial charge in [0.1, 0.15) is 10.1 Å². The number of thioether (sulfide) groups is 1. The van der Waals surface area contributed by atoms with Crippen molar-refractivity contribution in [2.75, 3.05) is 45.2 Å². The molecule has 0 N–H and O–H groups in total. The maximum atomic E-state index is 13.6. The first-order chi connectivity index (χ1) is 17.4. The summed E-state index contributed by atoms with van der Waals surface area (Å²) in [5.41, 5.74) is 3.13. The van der Waals surface area contributed by atoms with Crippen molar-refractivity contribution in [1.29, 1.82) is 0 Å². The molecule has 0 atom stereocenters. The van der Waals surface area contributed by atoms with Crippen LogP contribution in [-0.4, -0.2) is 64.9 Å². The number of ether oxygens (including phenoxy) is 1. The molecule has 2 aromatic carbocycles. The standard InChI is InChI=1S/C27H28N4O3S2/c1-28-12-14-30(15-13-28)24-20-6-4-5-7-22(20)29(2)25(32)21(24)16-23-26(33)31(27(35)36-23)17-18-8-10-19(34-3)11-9-18/h4-11,16H,12-15,17H2,1-3H3. The van der Waals surface area contributed by atoms with Gasteiger partial charge in [0.25, 0.3) is 11.5 Å². The minimum atomic E-state index is -0.180. The maximum absolute atomic E-state index is 13.6. The first-order valence-corrected chi connectivity index (χ1v) is 13.0. The van der Waals surface area contributed by atoms with Gasteiger partial charge in [0.05, 0.1) is 35.3 Å². The second kappa shape index (κ2) is 10.1. The van der Waals surface area contributed by atoms with Crippen molar-refractivity contribution >= 4 is 56.9 Å². The van der Waals surface area contributed by atoms with Gasteiger partial charge in [-0.05, 0) is 36.9 Å². The van der Waals surface area contributed by atoms with Gasteiger partial charge in [0.15, 0.2) is 0 Å². The summed E-state index contributed by atoms with van der Waals surface area (Å²) >= 11 is 6.82. The number of anilines is 1. The Balaban J connectivity index is 1.55. The van der Waals surface area contributed by atoms with Crippen LogP contribution < -0.4 is 15.2 Å². The van der Waals surface area contributed by atoms with Crippen LogP contribution in [0.1, 0.15) is 11.1 Å². The number of hydrogen-bond donors (Lipinski definition) is 0. The van der Waals surface area contributed by atoms with Crippen molar-refractivity contribution < 1.29 is 9.53 Å². The zero-order chi connectivity index (χ0) is 25.4. The zero-order valence-corrected chi connectivity index (χ0v) is 22.2. The number of fused-ring (bicyclic) bond motifs is 1. The number of benzene rings is 2. The molecule has 3 heterocycles. The molecule has 2 saturated heterocycles. The van der Waals surface area contributed by atoms with E-state index < -0.39 is 0 Å². The fourth-order valence-electron chi connectivity index (χ4n) is 4.68. The molecule has 0 unspecified atom stereocenters. The Bertz CT molecular complexity index is 1420. The van der Waals surface area contributed by atoms with Gasteiger partial charge in [-0.1, -0.05) is 54.3 Å². The molecule has 0 spiro atoms. The number of nitrogens with zero attached hydrogens (tertiary/aromatic N) is 4. The Morgan fingerprint density at radius 3 is 2.39 bits per heavy atom. The van der Waals surface area contributed by atoms with E-state index in [2.05, 4.69) is 22.9 Å². The summed E-state index contributed by atoms with van der Waals surface area (Å²) in [4.78, 5) is 33.7. The monoisotopic (exact) mass is 520 g/mol. The number of pyridine rings is 1. The van der Waals surface area contributed by atoms with Crippen molar-refractivity contribution in [3.63, 3.8) is 0 Å². The Hall–Kier alpha value is -3.14. The summed E-state index contributed by atoms with van der Waals surface area (Å²) in [6.45, 7) is 3.81. The molecule has 3 aromatic rings. The predicted octanol–water partition coefficient (Wildman–Crippen LogP) is 3.70. The lowest BCUT2D eigenvalue weighted by Crippen LogP contribution is -2.45. The van der Waals surface area contributed by atoms with Gasteiger partial charge in [-0.15, -0.1) is 0 Å². The van der Waals surface area contributed by atoms with Crippen molar-refractivity contribution in [3.05, 3.63) is 74.9 Å². The summed E-state index contributed by atoms with van der Waals surface area (Å²) in [5, 5.41) is 1.00. The highest BCUT2D eigenvalue weighted by atomic mass is 32.2. The lowest BCUT2D eigenvalue weighted by molar-refractivity contribution is -0.122. The van der Waals surface area contributed by atoms with Gasteiger partial charge in [0, 0.05) is 38.6 Å². The Labute approximate surface area is 219 Å². The third kappa shape index (κ3) is 4.54. The molecular weight excluding hydrogens is 492 g/mol. The number of amides is 1. The predicted molar refractivity (Wildman–Crippen MR) is 151 cm³/mol. The smallest absolute Gasteiger partial charge is 0.266 e. The van der Waals surface area contributed by atoms with Crippen LogP contribution in [0.2, 0.25) is 0 Å². The van der Waals surface area contributed by atoms with Crippen LogP contribution >= 0.6 is 24.0 Å². The van der Waals surface area contributed by atoms with E-state index in [1.54, 1.807) is 29.7 Å². The highest BCUT2D eigenvalue weighted by Gasteiger charge is 2.33. The molecule has 0 radical (unpaired) electrons. The van der Waals surface area contributed by atoms with E-state index in [9.17, 15) is 9.59 Å². The van der Waals surface area contributed by atoms with Crippen LogP contribution in [-0.2, 0) is 18.4 Å². The lowest BCUT2D eigenvalue weighted by atomic mass is 10.1. The van der Waals surface area contributed by atoms with Gasteiger partial charge >= 0.3 is 0 Å². The summed E-state index contributed by atoms with van der Waals surface area (Å²) in [6, 6.07) is 15.5. The third-order valence-electron chi connectivity index (χ3n) is 6.78. The van der Waals surface area contributed by atoms with E-state index in [1.807, 2.05) is 42.5 Å². The van der Waals surface area contributed by atoms with Gasteiger partial charge < -0.3 is 19.1 Å². The first kappa shape index (κ1) is 24.5. The Kier molecular flexibility index (Phi) is 6.87. The van der Waals surface area contributed by atoms with Crippen LogP contribution in [0.4, 0.5) is 5.69 Å². The highest BCUT2D eigenvalue weighted by molar-refractivity contribution is 8.26. The quantitative estimate of drug-likeness (QED) is 0.376. The van der Waals surface area contributed by atoms with Crippen LogP contribution in [0.3, 0.4) is 0 Å². The van der Waals surface area contributed by atoms with Gasteiger partial charge in [0.2, 0.25) is 0 Å². The summed E-state index contributed by atoms with van der Waals surface area (Å²) < 4.78 is 7.38. The number of piperazine rings is 1. The number of aryl methyl sites for hydroxylation is 1. The largest absolute Gasteiger partial charge is 0.497 e. The van der Waals surface area contributed by atoms with Crippen molar-refractivity contribution in [1.82, 2.24) is 14.4 Å². The van der Waals surface area contributed by atoms with Crippen molar-refractivity contribution in [3.8, 4) is 5.75 Å². The van der Waals surface area contributed by atoms with Crippen LogP contribution in [0.5, 0.6) is 5.75 Å². The molecular formula is C27H28N4O3S2. The number of methoxy groups -OCH3 is 1.